The standard InChI is InChI=1S/C10H13NO2S/c1-2-9(10(11)13)14-8-5-3-7(12)4-6-8/h3-6,9,12H,2H2,1H3,(H2,11,13). The Morgan fingerprint density at radius 2 is 2.07 bits per heavy atom. The van der Waals surface area contributed by atoms with E-state index in [1.54, 1.807) is 24.3 Å². The first kappa shape index (κ1) is 10.9. The van der Waals surface area contributed by atoms with Gasteiger partial charge in [0, 0.05) is 4.90 Å². The molecule has 0 aromatic heterocycles. The monoisotopic (exact) mass is 211 g/mol. The minimum Gasteiger partial charge on any atom is -0.508 e. The SMILES string of the molecule is CCC(Sc1ccc(O)cc1)C(N)=O. The van der Waals surface area contributed by atoms with E-state index in [4.69, 9.17) is 10.8 Å². The van der Waals surface area contributed by atoms with Crippen molar-refractivity contribution in [1.29, 1.82) is 0 Å². The average Bonchev–Trinajstić information content (AvgIpc) is 2.16. The van der Waals surface area contributed by atoms with Gasteiger partial charge in [0.05, 0.1) is 5.25 Å². The second-order valence-electron chi connectivity index (χ2n) is 2.91. The molecule has 0 fully saturated rings. The third-order valence-electron chi connectivity index (χ3n) is 1.80. The zero-order chi connectivity index (χ0) is 10.6. The molecule has 0 bridgehead atoms. The molecular weight excluding hydrogens is 198 g/mol. The maximum atomic E-state index is 11.0. The van der Waals surface area contributed by atoms with Gasteiger partial charge in [0.2, 0.25) is 5.91 Å². The van der Waals surface area contributed by atoms with Gasteiger partial charge in [-0.2, -0.15) is 0 Å². The van der Waals surface area contributed by atoms with Crippen LogP contribution in [0.1, 0.15) is 13.3 Å². The number of thioether (sulfide) groups is 1. The summed E-state index contributed by atoms with van der Waals surface area (Å²) >= 11 is 1.42. The molecule has 0 aliphatic carbocycles. The van der Waals surface area contributed by atoms with Gasteiger partial charge in [-0.05, 0) is 30.7 Å². The van der Waals surface area contributed by atoms with Crippen molar-refractivity contribution in [2.75, 3.05) is 0 Å². The summed E-state index contributed by atoms with van der Waals surface area (Å²) in [4.78, 5) is 11.9. The van der Waals surface area contributed by atoms with Gasteiger partial charge in [-0.25, -0.2) is 0 Å². The van der Waals surface area contributed by atoms with Crippen LogP contribution in [-0.2, 0) is 4.79 Å². The van der Waals surface area contributed by atoms with Crippen molar-refractivity contribution in [2.24, 2.45) is 5.73 Å². The molecule has 0 spiro atoms. The molecule has 0 aliphatic rings. The van der Waals surface area contributed by atoms with Crippen LogP contribution in [0.25, 0.3) is 0 Å². The van der Waals surface area contributed by atoms with Gasteiger partial charge in [0.25, 0.3) is 0 Å². The lowest BCUT2D eigenvalue weighted by molar-refractivity contribution is -0.117. The molecular formula is C10H13NO2S. The number of rotatable bonds is 4. The number of nitrogens with two attached hydrogens (primary N) is 1. The molecule has 0 saturated carbocycles. The lowest BCUT2D eigenvalue weighted by Gasteiger charge is -2.09. The summed E-state index contributed by atoms with van der Waals surface area (Å²) < 4.78 is 0. The van der Waals surface area contributed by atoms with E-state index in [0.717, 1.165) is 4.90 Å². The third-order valence-corrected chi connectivity index (χ3v) is 3.20. The maximum absolute atomic E-state index is 11.0. The highest BCUT2D eigenvalue weighted by Crippen LogP contribution is 2.26. The van der Waals surface area contributed by atoms with Crippen LogP contribution >= 0.6 is 11.8 Å². The van der Waals surface area contributed by atoms with E-state index < -0.39 is 0 Å². The number of phenols is 1. The summed E-state index contributed by atoms with van der Waals surface area (Å²) in [7, 11) is 0. The molecule has 0 radical (unpaired) electrons. The van der Waals surface area contributed by atoms with Crippen LogP contribution in [0, 0.1) is 0 Å². The summed E-state index contributed by atoms with van der Waals surface area (Å²) in [5, 5.41) is 8.86. The summed E-state index contributed by atoms with van der Waals surface area (Å²) in [6.07, 6.45) is 0.709. The fraction of sp³-hybridized carbons (Fsp3) is 0.300. The maximum Gasteiger partial charge on any atom is 0.230 e. The lowest BCUT2D eigenvalue weighted by atomic mass is 10.3. The van der Waals surface area contributed by atoms with Crippen LogP contribution in [0.15, 0.2) is 29.2 Å². The van der Waals surface area contributed by atoms with Gasteiger partial charge in [-0.15, -0.1) is 11.8 Å². The van der Waals surface area contributed by atoms with Crippen molar-refractivity contribution < 1.29 is 9.90 Å². The Bertz CT molecular complexity index is 310. The Balaban J connectivity index is 2.67. The predicted molar refractivity (Wildman–Crippen MR) is 57.2 cm³/mol. The Morgan fingerprint density at radius 3 is 2.50 bits per heavy atom. The molecule has 1 aromatic carbocycles. The fourth-order valence-corrected chi connectivity index (χ4v) is 1.94. The van der Waals surface area contributed by atoms with E-state index >= 15 is 0 Å². The molecule has 1 rings (SSSR count). The van der Waals surface area contributed by atoms with Crippen molar-refractivity contribution in [1.82, 2.24) is 0 Å². The molecule has 3 N–H and O–H groups in total. The van der Waals surface area contributed by atoms with Gasteiger partial charge in [0.1, 0.15) is 5.75 Å². The smallest absolute Gasteiger partial charge is 0.230 e. The highest BCUT2D eigenvalue weighted by molar-refractivity contribution is 8.00. The highest BCUT2D eigenvalue weighted by Gasteiger charge is 2.13. The second-order valence-corrected chi connectivity index (χ2v) is 4.19. The minimum absolute atomic E-state index is 0.195. The molecule has 0 heterocycles. The summed E-state index contributed by atoms with van der Waals surface area (Å²) in [5.74, 6) is -0.0768. The topological polar surface area (TPSA) is 63.3 Å². The van der Waals surface area contributed by atoms with E-state index in [9.17, 15) is 4.79 Å². The van der Waals surface area contributed by atoms with Gasteiger partial charge < -0.3 is 10.8 Å². The number of phenolic OH excluding ortho intramolecular Hbond substituents is 1. The first-order valence-electron chi connectivity index (χ1n) is 4.38. The number of carbonyl (C=O) groups excluding carboxylic acids is 1. The van der Waals surface area contributed by atoms with E-state index in [1.165, 1.54) is 11.8 Å². The fourth-order valence-electron chi connectivity index (χ4n) is 1.03. The van der Waals surface area contributed by atoms with Crippen molar-refractivity contribution >= 4 is 17.7 Å². The average molecular weight is 211 g/mol. The number of amides is 1. The van der Waals surface area contributed by atoms with E-state index in [2.05, 4.69) is 0 Å². The van der Waals surface area contributed by atoms with Crippen LogP contribution < -0.4 is 5.73 Å². The Morgan fingerprint density at radius 1 is 1.50 bits per heavy atom. The number of aromatic hydroxyl groups is 1. The molecule has 3 nitrogen and oxygen atoms in total. The molecule has 1 atom stereocenters. The van der Waals surface area contributed by atoms with Crippen molar-refractivity contribution in [2.45, 2.75) is 23.5 Å². The highest BCUT2D eigenvalue weighted by atomic mass is 32.2. The zero-order valence-electron chi connectivity index (χ0n) is 7.93. The largest absolute Gasteiger partial charge is 0.508 e. The molecule has 76 valence electrons. The molecule has 0 saturated heterocycles. The molecule has 4 heteroatoms. The van der Waals surface area contributed by atoms with E-state index in [-0.39, 0.29) is 16.9 Å². The number of hydrogen-bond acceptors (Lipinski definition) is 3. The summed E-state index contributed by atoms with van der Waals surface area (Å²) in [5.41, 5.74) is 5.22. The summed E-state index contributed by atoms with van der Waals surface area (Å²) in [6, 6.07) is 6.73. The normalized spacial score (nSPS) is 12.4. The van der Waals surface area contributed by atoms with Crippen LogP contribution in [0.3, 0.4) is 0 Å². The number of carbonyl (C=O) groups is 1. The minimum atomic E-state index is -0.300. The first-order valence-corrected chi connectivity index (χ1v) is 5.26. The Labute approximate surface area is 87.3 Å². The second kappa shape index (κ2) is 4.91. The molecule has 1 aromatic rings. The quantitative estimate of drug-likeness (QED) is 0.746. The van der Waals surface area contributed by atoms with Gasteiger partial charge in [0.15, 0.2) is 0 Å². The van der Waals surface area contributed by atoms with Gasteiger partial charge in [-0.1, -0.05) is 6.92 Å². The predicted octanol–water partition coefficient (Wildman–Crippen LogP) is 1.75. The molecule has 1 amide bonds. The number of primary amides is 1. The summed E-state index contributed by atoms with van der Waals surface area (Å²) in [6.45, 7) is 1.92. The Kier molecular flexibility index (Phi) is 3.83. The lowest BCUT2D eigenvalue weighted by Crippen LogP contribution is -2.24. The first-order chi connectivity index (χ1) is 6.63. The number of benzene rings is 1. The van der Waals surface area contributed by atoms with Crippen LogP contribution in [0.4, 0.5) is 0 Å². The van der Waals surface area contributed by atoms with E-state index in [0.29, 0.717) is 6.42 Å². The molecule has 1 unspecified atom stereocenters. The van der Waals surface area contributed by atoms with Gasteiger partial charge >= 0.3 is 0 Å². The molecule has 0 aliphatic heterocycles. The third kappa shape index (κ3) is 2.96. The van der Waals surface area contributed by atoms with Crippen molar-refractivity contribution in [3.8, 4) is 5.75 Å². The Hall–Kier alpha value is -1.16. The van der Waals surface area contributed by atoms with E-state index in [1.807, 2.05) is 6.92 Å². The van der Waals surface area contributed by atoms with Crippen LogP contribution in [0.2, 0.25) is 0 Å². The van der Waals surface area contributed by atoms with Gasteiger partial charge in [-0.3, -0.25) is 4.79 Å². The zero-order valence-corrected chi connectivity index (χ0v) is 8.75. The number of hydrogen-bond donors (Lipinski definition) is 2. The van der Waals surface area contributed by atoms with Crippen molar-refractivity contribution in [3.63, 3.8) is 0 Å². The molecule has 14 heavy (non-hydrogen) atoms. The van der Waals surface area contributed by atoms with Crippen molar-refractivity contribution in [3.05, 3.63) is 24.3 Å². The van der Waals surface area contributed by atoms with Crippen LogP contribution in [-0.4, -0.2) is 16.3 Å². The van der Waals surface area contributed by atoms with Crippen LogP contribution in [0.5, 0.6) is 5.75 Å².